The SMILES string of the molecule is C1=C[C@@]23C=Cc4c(ccc5c4CC=C5)[C@@]2(C=C1)O3. The highest BCUT2D eigenvalue weighted by molar-refractivity contribution is 5.77. The quantitative estimate of drug-likeness (QED) is 0.625. The Balaban J connectivity index is 1.83. The van der Waals surface area contributed by atoms with Gasteiger partial charge in [0.05, 0.1) is 0 Å². The Morgan fingerprint density at radius 2 is 1.94 bits per heavy atom. The Morgan fingerprint density at radius 3 is 2.94 bits per heavy atom. The predicted molar refractivity (Wildman–Crippen MR) is 72.0 cm³/mol. The summed E-state index contributed by atoms with van der Waals surface area (Å²) in [5.41, 5.74) is 5.08. The van der Waals surface area contributed by atoms with E-state index in [2.05, 4.69) is 60.7 Å². The molecule has 1 heterocycles. The normalized spacial score (nSPS) is 36.0. The van der Waals surface area contributed by atoms with Crippen LogP contribution in [0.2, 0.25) is 0 Å². The Hall–Kier alpha value is -1.86. The molecule has 0 N–H and O–H groups in total. The first kappa shape index (κ1) is 9.12. The second-order valence-electron chi connectivity index (χ2n) is 5.38. The van der Waals surface area contributed by atoms with Crippen LogP contribution in [-0.2, 0) is 16.8 Å². The number of epoxide rings is 1. The average molecular weight is 232 g/mol. The summed E-state index contributed by atoms with van der Waals surface area (Å²) in [6.45, 7) is 0. The smallest absolute Gasteiger partial charge is 0.150 e. The van der Waals surface area contributed by atoms with Gasteiger partial charge < -0.3 is 4.74 Å². The average Bonchev–Trinajstić information content (AvgIpc) is 2.89. The van der Waals surface area contributed by atoms with E-state index >= 15 is 0 Å². The van der Waals surface area contributed by atoms with Crippen molar-refractivity contribution in [2.75, 3.05) is 0 Å². The molecule has 1 aromatic rings. The molecule has 1 aromatic carbocycles. The van der Waals surface area contributed by atoms with Gasteiger partial charge in [0.25, 0.3) is 0 Å². The van der Waals surface area contributed by atoms with Gasteiger partial charge in [0, 0.05) is 0 Å². The van der Waals surface area contributed by atoms with Gasteiger partial charge in [-0.3, -0.25) is 0 Å². The molecule has 86 valence electrons. The lowest BCUT2D eigenvalue weighted by atomic mass is 9.75. The zero-order valence-electron chi connectivity index (χ0n) is 9.89. The Labute approximate surface area is 106 Å². The summed E-state index contributed by atoms with van der Waals surface area (Å²) in [5, 5.41) is 0. The van der Waals surface area contributed by atoms with E-state index in [-0.39, 0.29) is 11.2 Å². The van der Waals surface area contributed by atoms with Crippen molar-refractivity contribution in [2.45, 2.75) is 17.6 Å². The Morgan fingerprint density at radius 1 is 1.00 bits per heavy atom. The van der Waals surface area contributed by atoms with E-state index in [9.17, 15) is 0 Å². The van der Waals surface area contributed by atoms with Crippen LogP contribution < -0.4 is 0 Å². The van der Waals surface area contributed by atoms with Gasteiger partial charge in [-0.2, -0.15) is 0 Å². The van der Waals surface area contributed by atoms with Crippen molar-refractivity contribution in [3.8, 4) is 0 Å². The van der Waals surface area contributed by atoms with Crippen molar-refractivity contribution in [3.05, 3.63) is 70.8 Å². The molecule has 4 aliphatic rings. The van der Waals surface area contributed by atoms with Crippen molar-refractivity contribution in [1.82, 2.24) is 0 Å². The number of fused-ring (bicyclic) bond motifs is 3. The second-order valence-corrected chi connectivity index (χ2v) is 5.38. The van der Waals surface area contributed by atoms with Gasteiger partial charge in [-0.05, 0) is 46.9 Å². The van der Waals surface area contributed by atoms with Crippen LogP contribution in [0.15, 0.2) is 48.6 Å². The third-order valence-electron chi connectivity index (χ3n) is 4.56. The molecule has 0 spiro atoms. The lowest BCUT2D eigenvalue weighted by molar-refractivity contribution is 0.328. The maximum atomic E-state index is 6.12. The molecule has 0 aromatic heterocycles. The van der Waals surface area contributed by atoms with Gasteiger partial charge in [0.2, 0.25) is 0 Å². The van der Waals surface area contributed by atoms with Crippen LogP contribution in [-0.4, -0.2) is 5.60 Å². The van der Waals surface area contributed by atoms with E-state index in [0.29, 0.717) is 0 Å². The predicted octanol–water partition coefficient (Wildman–Crippen LogP) is 3.37. The highest BCUT2D eigenvalue weighted by atomic mass is 16.6. The molecule has 0 unspecified atom stereocenters. The van der Waals surface area contributed by atoms with Gasteiger partial charge in [0.15, 0.2) is 5.60 Å². The summed E-state index contributed by atoms with van der Waals surface area (Å²) in [4.78, 5) is 0. The summed E-state index contributed by atoms with van der Waals surface area (Å²) >= 11 is 0. The van der Waals surface area contributed by atoms with Crippen molar-refractivity contribution in [1.29, 1.82) is 0 Å². The summed E-state index contributed by atoms with van der Waals surface area (Å²) in [6.07, 6.45) is 18.5. The first-order valence-corrected chi connectivity index (χ1v) is 6.44. The fourth-order valence-corrected chi connectivity index (χ4v) is 3.61. The number of rotatable bonds is 0. The first-order chi connectivity index (χ1) is 8.85. The third-order valence-corrected chi connectivity index (χ3v) is 4.56. The van der Waals surface area contributed by atoms with E-state index in [1.807, 2.05) is 0 Å². The van der Waals surface area contributed by atoms with Crippen LogP contribution in [0.25, 0.3) is 12.2 Å². The van der Waals surface area contributed by atoms with Crippen LogP contribution in [0.5, 0.6) is 0 Å². The van der Waals surface area contributed by atoms with Crippen molar-refractivity contribution in [3.63, 3.8) is 0 Å². The molecule has 2 atom stereocenters. The van der Waals surface area contributed by atoms with Gasteiger partial charge in [-0.25, -0.2) is 0 Å². The monoisotopic (exact) mass is 232 g/mol. The van der Waals surface area contributed by atoms with Crippen molar-refractivity contribution in [2.24, 2.45) is 0 Å². The Kier molecular flexibility index (Phi) is 1.32. The van der Waals surface area contributed by atoms with E-state index in [4.69, 9.17) is 4.74 Å². The van der Waals surface area contributed by atoms with Crippen molar-refractivity contribution < 1.29 is 4.74 Å². The maximum Gasteiger partial charge on any atom is 0.150 e. The molecule has 1 saturated heterocycles. The highest BCUT2D eigenvalue weighted by Crippen LogP contribution is 2.63. The number of allylic oxidation sites excluding steroid dienone is 3. The molecular weight excluding hydrogens is 220 g/mol. The summed E-state index contributed by atoms with van der Waals surface area (Å²) in [7, 11) is 0. The number of ether oxygens (including phenoxy) is 1. The molecule has 1 nitrogen and oxygen atoms in total. The lowest BCUT2D eigenvalue weighted by Crippen LogP contribution is -2.24. The van der Waals surface area contributed by atoms with Crippen LogP contribution >= 0.6 is 0 Å². The number of hydrogen-bond donors (Lipinski definition) is 0. The Bertz CT molecular complexity index is 705. The topological polar surface area (TPSA) is 12.5 Å². The van der Waals surface area contributed by atoms with E-state index in [0.717, 1.165) is 6.42 Å². The molecule has 0 amide bonds. The van der Waals surface area contributed by atoms with E-state index < -0.39 is 0 Å². The van der Waals surface area contributed by atoms with E-state index in [1.54, 1.807) is 0 Å². The summed E-state index contributed by atoms with van der Waals surface area (Å²) < 4.78 is 6.12. The number of hydrogen-bond acceptors (Lipinski definition) is 1. The standard InChI is InChI=1S/C17H12O/c1-2-10-17-15-7-6-12-4-3-5-13(12)14(15)8-11-16(17,9-1)18-17/h1-4,6-11H,5H2/t16-,17-/m1/s1. The van der Waals surface area contributed by atoms with Gasteiger partial charge >= 0.3 is 0 Å². The first-order valence-electron chi connectivity index (χ1n) is 6.44. The van der Waals surface area contributed by atoms with Gasteiger partial charge in [-0.15, -0.1) is 0 Å². The largest absolute Gasteiger partial charge is 0.344 e. The summed E-state index contributed by atoms with van der Waals surface area (Å²) in [5.74, 6) is 0. The van der Waals surface area contributed by atoms with Gasteiger partial charge in [0.1, 0.15) is 5.60 Å². The minimum absolute atomic E-state index is 0.199. The fourth-order valence-electron chi connectivity index (χ4n) is 3.61. The number of benzene rings is 1. The minimum atomic E-state index is -0.219. The van der Waals surface area contributed by atoms with Crippen LogP contribution in [0.1, 0.15) is 22.3 Å². The van der Waals surface area contributed by atoms with E-state index in [1.165, 1.54) is 22.3 Å². The molecule has 1 fully saturated rings. The third kappa shape index (κ3) is 0.803. The van der Waals surface area contributed by atoms with Crippen LogP contribution in [0, 0.1) is 0 Å². The zero-order chi connectivity index (χ0) is 11.8. The summed E-state index contributed by atoms with van der Waals surface area (Å²) in [6, 6.07) is 4.46. The van der Waals surface area contributed by atoms with Crippen LogP contribution in [0.4, 0.5) is 0 Å². The molecule has 0 saturated carbocycles. The second kappa shape index (κ2) is 2.60. The zero-order valence-corrected chi connectivity index (χ0v) is 9.89. The molecular formula is C17H12O. The highest BCUT2D eigenvalue weighted by Gasteiger charge is 2.69. The molecule has 0 bridgehead atoms. The molecule has 18 heavy (non-hydrogen) atoms. The maximum absolute atomic E-state index is 6.12. The van der Waals surface area contributed by atoms with Gasteiger partial charge in [-0.1, -0.05) is 42.5 Å². The molecule has 3 aliphatic carbocycles. The minimum Gasteiger partial charge on any atom is -0.344 e. The lowest BCUT2D eigenvalue weighted by Gasteiger charge is -2.23. The van der Waals surface area contributed by atoms with Crippen molar-refractivity contribution >= 4 is 12.2 Å². The molecule has 0 radical (unpaired) electrons. The molecule has 1 heteroatoms. The molecule has 1 aliphatic heterocycles. The van der Waals surface area contributed by atoms with Crippen LogP contribution in [0.3, 0.4) is 0 Å². The molecule has 5 rings (SSSR count). The fraction of sp³-hybridized carbons (Fsp3) is 0.176.